The van der Waals surface area contributed by atoms with Crippen LogP contribution in [0.4, 0.5) is 0 Å². The van der Waals surface area contributed by atoms with Crippen molar-refractivity contribution in [2.45, 2.75) is 37.6 Å². The lowest BCUT2D eigenvalue weighted by molar-refractivity contribution is 0.0902. The smallest absolute Gasteiger partial charge is 0.255 e. The van der Waals surface area contributed by atoms with Crippen LogP contribution in [-0.4, -0.2) is 58.6 Å². The molecule has 0 unspecified atom stereocenters. The fourth-order valence-electron chi connectivity index (χ4n) is 2.99. The molecule has 26 heavy (non-hydrogen) atoms. The lowest BCUT2D eigenvalue weighted by atomic mass is 10.0. The van der Waals surface area contributed by atoms with Gasteiger partial charge < -0.3 is 14.8 Å². The van der Waals surface area contributed by atoms with E-state index in [1.165, 1.54) is 29.6 Å². The van der Waals surface area contributed by atoms with E-state index in [-0.39, 0.29) is 16.5 Å². The second kappa shape index (κ2) is 8.83. The third-order valence-corrected chi connectivity index (χ3v) is 6.48. The molecule has 0 radical (unpaired) electrons. The number of piperidine rings is 1. The molecular formula is C18H28N2O5S. The summed E-state index contributed by atoms with van der Waals surface area (Å²) in [6.45, 7) is 5.30. The van der Waals surface area contributed by atoms with Crippen molar-refractivity contribution in [2.24, 2.45) is 5.92 Å². The van der Waals surface area contributed by atoms with Crippen LogP contribution in [0.3, 0.4) is 0 Å². The number of methoxy groups -OCH3 is 2. The Balaban J connectivity index is 2.29. The summed E-state index contributed by atoms with van der Waals surface area (Å²) < 4.78 is 37.6. The molecule has 2 rings (SSSR count). The van der Waals surface area contributed by atoms with Crippen LogP contribution < -0.4 is 10.1 Å². The molecule has 8 heteroatoms. The predicted octanol–water partition coefficient (Wildman–Crippen LogP) is 1.88. The highest BCUT2D eigenvalue weighted by Crippen LogP contribution is 2.27. The van der Waals surface area contributed by atoms with Crippen molar-refractivity contribution in [3.8, 4) is 5.75 Å². The Morgan fingerprint density at radius 3 is 2.54 bits per heavy atom. The number of hydrogen-bond acceptors (Lipinski definition) is 5. The maximum Gasteiger partial charge on any atom is 0.255 e. The lowest BCUT2D eigenvalue weighted by Crippen LogP contribution is -2.38. The van der Waals surface area contributed by atoms with Crippen LogP contribution in [0, 0.1) is 5.92 Å². The minimum absolute atomic E-state index is 0.109. The van der Waals surface area contributed by atoms with Gasteiger partial charge in [0.15, 0.2) is 0 Å². The van der Waals surface area contributed by atoms with Gasteiger partial charge in [0.2, 0.25) is 10.0 Å². The summed E-state index contributed by atoms with van der Waals surface area (Å²) in [5.74, 6) is 0.468. The number of nitrogens with one attached hydrogen (secondary N) is 1. The lowest BCUT2D eigenvalue weighted by Gasteiger charge is -2.29. The van der Waals surface area contributed by atoms with E-state index in [1.54, 1.807) is 7.11 Å². The van der Waals surface area contributed by atoms with Gasteiger partial charge in [0.1, 0.15) is 5.75 Å². The molecule has 1 aliphatic rings. The zero-order valence-electron chi connectivity index (χ0n) is 15.8. The molecule has 0 aliphatic carbocycles. The molecule has 1 saturated heterocycles. The third-order valence-electron chi connectivity index (χ3n) is 4.59. The van der Waals surface area contributed by atoms with Gasteiger partial charge in [-0.15, -0.1) is 0 Å². The molecule has 0 bridgehead atoms. The minimum Gasteiger partial charge on any atom is -0.496 e. The van der Waals surface area contributed by atoms with E-state index in [0.717, 1.165) is 12.8 Å². The summed E-state index contributed by atoms with van der Waals surface area (Å²) in [5.41, 5.74) is 0.196. The first-order valence-electron chi connectivity index (χ1n) is 8.77. The summed E-state index contributed by atoms with van der Waals surface area (Å²) >= 11 is 0. The molecule has 7 nitrogen and oxygen atoms in total. The van der Waals surface area contributed by atoms with E-state index in [4.69, 9.17) is 9.47 Å². The molecule has 1 fully saturated rings. The molecule has 1 aromatic carbocycles. The van der Waals surface area contributed by atoms with Crippen molar-refractivity contribution in [1.82, 2.24) is 9.62 Å². The maximum atomic E-state index is 12.9. The molecule has 1 aliphatic heterocycles. The normalized spacial score (nSPS) is 17.7. The second-order valence-electron chi connectivity index (χ2n) is 6.78. The molecule has 0 spiro atoms. The zero-order valence-corrected chi connectivity index (χ0v) is 16.6. The Morgan fingerprint density at radius 2 is 1.96 bits per heavy atom. The Morgan fingerprint density at radius 1 is 1.31 bits per heavy atom. The third kappa shape index (κ3) is 4.75. The van der Waals surface area contributed by atoms with Crippen LogP contribution in [-0.2, 0) is 14.8 Å². The minimum atomic E-state index is -3.63. The van der Waals surface area contributed by atoms with Crippen molar-refractivity contribution in [3.63, 3.8) is 0 Å². The van der Waals surface area contributed by atoms with Crippen molar-refractivity contribution in [1.29, 1.82) is 0 Å². The highest BCUT2D eigenvalue weighted by molar-refractivity contribution is 7.89. The van der Waals surface area contributed by atoms with Gasteiger partial charge in [-0.05, 0) is 43.9 Å². The summed E-state index contributed by atoms with van der Waals surface area (Å²) in [4.78, 5) is 12.7. The van der Waals surface area contributed by atoms with E-state index in [2.05, 4.69) is 12.2 Å². The highest BCUT2D eigenvalue weighted by Gasteiger charge is 2.29. The van der Waals surface area contributed by atoms with Crippen molar-refractivity contribution in [2.75, 3.05) is 33.9 Å². The summed E-state index contributed by atoms with van der Waals surface area (Å²) in [6.07, 6.45) is 1.69. The molecule has 0 aromatic heterocycles. The highest BCUT2D eigenvalue weighted by atomic mass is 32.2. The summed E-state index contributed by atoms with van der Waals surface area (Å²) in [5, 5.41) is 2.78. The van der Waals surface area contributed by atoms with Gasteiger partial charge in [-0.2, -0.15) is 4.31 Å². The molecule has 1 aromatic rings. The maximum absolute atomic E-state index is 12.9. The van der Waals surface area contributed by atoms with Gasteiger partial charge in [-0.1, -0.05) is 6.92 Å². The number of benzene rings is 1. The molecule has 1 N–H and O–H groups in total. The van der Waals surface area contributed by atoms with Crippen LogP contribution in [0.1, 0.15) is 37.0 Å². The molecule has 1 atom stereocenters. The van der Waals surface area contributed by atoms with Crippen LogP contribution >= 0.6 is 0 Å². The number of ether oxygens (including phenoxy) is 2. The quantitative estimate of drug-likeness (QED) is 0.776. The number of amides is 1. The van der Waals surface area contributed by atoms with E-state index >= 15 is 0 Å². The largest absolute Gasteiger partial charge is 0.496 e. The molecular weight excluding hydrogens is 356 g/mol. The predicted molar refractivity (Wildman–Crippen MR) is 99.0 cm³/mol. The number of hydrogen-bond donors (Lipinski definition) is 1. The van der Waals surface area contributed by atoms with E-state index < -0.39 is 15.9 Å². The van der Waals surface area contributed by atoms with Crippen molar-refractivity contribution < 1.29 is 22.7 Å². The Bertz CT molecular complexity index is 727. The standard InChI is InChI=1S/C18H28N2O5S/c1-13-7-9-20(10-8-13)26(22,23)15-5-6-17(25-4)16(11-15)18(21)19-14(2)12-24-3/h5-6,11,13-14H,7-10,12H2,1-4H3,(H,19,21)/t14-/m1/s1. The van der Waals surface area contributed by atoms with E-state index in [1.807, 2.05) is 6.92 Å². The molecule has 1 heterocycles. The number of carbonyl (C=O) groups excluding carboxylic acids is 1. The van der Waals surface area contributed by atoms with Gasteiger partial charge in [-0.25, -0.2) is 8.42 Å². The van der Waals surface area contributed by atoms with Crippen LogP contribution in [0.15, 0.2) is 23.1 Å². The summed E-state index contributed by atoms with van der Waals surface area (Å²) in [6, 6.07) is 4.19. The van der Waals surface area contributed by atoms with Gasteiger partial charge in [0, 0.05) is 26.2 Å². The van der Waals surface area contributed by atoms with Gasteiger partial charge in [0.05, 0.1) is 24.2 Å². The fraction of sp³-hybridized carbons (Fsp3) is 0.611. The molecule has 1 amide bonds. The van der Waals surface area contributed by atoms with Gasteiger partial charge in [0.25, 0.3) is 5.91 Å². The van der Waals surface area contributed by atoms with Crippen LogP contribution in [0.5, 0.6) is 5.75 Å². The average Bonchev–Trinajstić information content (AvgIpc) is 2.61. The topological polar surface area (TPSA) is 84.9 Å². The Labute approximate surface area is 155 Å². The monoisotopic (exact) mass is 384 g/mol. The van der Waals surface area contributed by atoms with Crippen molar-refractivity contribution in [3.05, 3.63) is 23.8 Å². The van der Waals surface area contributed by atoms with E-state index in [9.17, 15) is 13.2 Å². The number of carbonyl (C=O) groups is 1. The summed E-state index contributed by atoms with van der Waals surface area (Å²) in [7, 11) is -0.631. The second-order valence-corrected chi connectivity index (χ2v) is 8.72. The van der Waals surface area contributed by atoms with Gasteiger partial charge in [-0.3, -0.25) is 4.79 Å². The fourth-order valence-corrected chi connectivity index (χ4v) is 4.49. The number of nitrogens with zero attached hydrogens (tertiary/aromatic N) is 1. The first-order valence-corrected chi connectivity index (χ1v) is 10.2. The zero-order chi connectivity index (χ0) is 19.3. The molecule has 146 valence electrons. The van der Waals surface area contributed by atoms with Crippen LogP contribution in [0.2, 0.25) is 0 Å². The Kier molecular flexibility index (Phi) is 7.02. The SMILES string of the molecule is COC[C@@H](C)NC(=O)c1cc(S(=O)(=O)N2CCC(C)CC2)ccc1OC. The first kappa shape index (κ1) is 20.7. The molecule has 0 saturated carbocycles. The average molecular weight is 384 g/mol. The van der Waals surface area contributed by atoms with E-state index in [0.29, 0.717) is 31.4 Å². The van der Waals surface area contributed by atoms with Crippen molar-refractivity contribution >= 4 is 15.9 Å². The Hall–Kier alpha value is -1.64. The number of sulfonamides is 1. The number of rotatable bonds is 7. The van der Waals surface area contributed by atoms with Gasteiger partial charge >= 0.3 is 0 Å². The van der Waals surface area contributed by atoms with Crippen LogP contribution in [0.25, 0.3) is 0 Å². The first-order chi connectivity index (χ1) is 12.3.